The molecular weight excluding hydrogens is 420 g/mol. The Morgan fingerprint density at radius 2 is 1.84 bits per heavy atom. The number of halogens is 1. The number of carbonyl (C=O) groups excluding carboxylic acids is 2. The minimum absolute atomic E-state index is 0.0984. The van der Waals surface area contributed by atoms with Crippen LogP contribution in [0, 0.1) is 0 Å². The Labute approximate surface area is 182 Å². The molecule has 2 N–H and O–H groups in total. The van der Waals surface area contributed by atoms with Crippen LogP contribution in [0.25, 0.3) is 5.76 Å². The molecule has 0 radical (unpaired) electrons. The summed E-state index contributed by atoms with van der Waals surface area (Å²) in [7, 11) is 1.39. The van der Waals surface area contributed by atoms with Crippen molar-refractivity contribution in [1.29, 1.82) is 0 Å². The molecule has 0 bridgehead atoms. The number of ketones is 1. The van der Waals surface area contributed by atoms with Crippen LogP contribution in [-0.4, -0.2) is 34.0 Å². The molecular formula is C23H17ClN2O5. The minimum Gasteiger partial charge on any atom is -0.507 e. The van der Waals surface area contributed by atoms with Gasteiger partial charge in [0.1, 0.15) is 11.6 Å². The van der Waals surface area contributed by atoms with Crippen LogP contribution >= 0.6 is 11.6 Å². The van der Waals surface area contributed by atoms with Gasteiger partial charge in [-0.3, -0.25) is 14.5 Å². The molecule has 8 heteroatoms. The summed E-state index contributed by atoms with van der Waals surface area (Å²) in [6.45, 7) is 0. The molecule has 1 aliphatic heterocycles. The SMILES string of the molecule is COc1cc([C@H]2C(=C(O)c3ccc(Cl)cc3)C(=O)C(=O)N2c2ccccn2)ccc1O. The summed E-state index contributed by atoms with van der Waals surface area (Å²) in [6.07, 6.45) is 1.50. The van der Waals surface area contributed by atoms with E-state index in [9.17, 15) is 19.8 Å². The van der Waals surface area contributed by atoms with Crippen LogP contribution in [0.4, 0.5) is 5.82 Å². The molecule has 2 aromatic carbocycles. The van der Waals surface area contributed by atoms with Gasteiger partial charge in [-0.05, 0) is 54.1 Å². The molecule has 1 atom stereocenters. The number of phenols is 1. The zero-order valence-electron chi connectivity index (χ0n) is 16.3. The van der Waals surface area contributed by atoms with Crippen LogP contribution in [-0.2, 0) is 9.59 Å². The van der Waals surface area contributed by atoms with E-state index in [0.29, 0.717) is 16.1 Å². The van der Waals surface area contributed by atoms with E-state index in [1.165, 1.54) is 30.3 Å². The highest BCUT2D eigenvalue weighted by molar-refractivity contribution is 6.51. The molecule has 7 nitrogen and oxygen atoms in total. The predicted molar refractivity (Wildman–Crippen MR) is 115 cm³/mol. The number of nitrogens with zero attached hydrogens (tertiary/aromatic N) is 2. The maximum atomic E-state index is 13.0. The predicted octanol–water partition coefficient (Wildman–Crippen LogP) is 4.08. The van der Waals surface area contributed by atoms with Gasteiger partial charge in [0.2, 0.25) is 0 Å². The lowest BCUT2D eigenvalue weighted by Gasteiger charge is -2.24. The van der Waals surface area contributed by atoms with Gasteiger partial charge < -0.3 is 14.9 Å². The van der Waals surface area contributed by atoms with Crippen molar-refractivity contribution < 1.29 is 24.5 Å². The average molecular weight is 437 g/mol. The number of methoxy groups -OCH3 is 1. The number of rotatable bonds is 4. The van der Waals surface area contributed by atoms with E-state index >= 15 is 0 Å². The van der Waals surface area contributed by atoms with E-state index in [0.717, 1.165) is 0 Å². The van der Waals surface area contributed by atoms with Crippen molar-refractivity contribution in [1.82, 2.24) is 4.98 Å². The number of carbonyl (C=O) groups is 2. The molecule has 0 unspecified atom stereocenters. The van der Waals surface area contributed by atoms with E-state index < -0.39 is 17.7 Å². The van der Waals surface area contributed by atoms with Crippen molar-refractivity contribution >= 4 is 34.9 Å². The van der Waals surface area contributed by atoms with Gasteiger partial charge in [-0.15, -0.1) is 0 Å². The van der Waals surface area contributed by atoms with Gasteiger partial charge in [-0.1, -0.05) is 23.7 Å². The first kappa shape index (κ1) is 20.4. The molecule has 31 heavy (non-hydrogen) atoms. The summed E-state index contributed by atoms with van der Waals surface area (Å²) in [4.78, 5) is 31.5. The highest BCUT2D eigenvalue weighted by Gasteiger charge is 2.47. The zero-order chi connectivity index (χ0) is 22.1. The fourth-order valence-corrected chi connectivity index (χ4v) is 3.63. The number of aromatic nitrogens is 1. The second-order valence-electron chi connectivity index (χ2n) is 6.80. The summed E-state index contributed by atoms with van der Waals surface area (Å²) in [5.74, 6) is -1.71. The maximum Gasteiger partial charge on any atom is 0.301 e. The number of Topliss-reactive ketones (excluding diaryl/α,β-unsaturated/α-hetero) is 1. The summed E-state index contributed by atoms with van der Waals surface area (Å²) >= 11 is 5.93. The van der Waals surface area contributed by atoms with Crippen LogP contribution in [0.5, 0.6) is 11.5 Å². The highest BCUT2D eigenvalue weighted by atomic mass is 35.5. The second-order valence-corrected chi connectivity index (χ2v) is 7.23. The smallest absolute Gasteiger partial charge is 0.301 e. The minimum atomic E-state index is -0.986. The van der Waals surface area contributed by atoms with Crippen LogP contribution in [0.1, 0.15) is 17.2 Å². The number of ether oxygens (including phenoxy) is 1. The maximum absolute atomic E-state index is 13.0. The number of phenolic OH excluding ortho intramolecular Hbond substituents is 1. The van der Waals surface area contributed by atoms with Gasteiger partial charge in [-0.2, -0.15) is 0 Å². The lowest BCUT2D eigenvalue weighted by molar-refractivity contribution is -0.132. The highest BCUT2D eigenvalue weighted by Crippen LogP contribution is 2.43. The third-order valence-corrected chi connectivity index (χ3v) is 5.23. The van der Waals surface area contributed by atoms with Crippen molar-refractivity contribution in [2.75, 3.05) is 12.0 Å². The number of benzene rings is 2. The Morgan fingerprint density at radius 3 is 2.48 bits per heavy atom. The first-order valence-corrected chi connectivity index (χ1v) is 9.65. The molecule has 0 saturated carbocycles. The molecule has 0 aliphatic carbocycles. The van der Waals surface area contributed by atoms with Crippen molar-refractivity contribution in [2.24, 2.45) is 0 Å². The average Bonchev–Trinajstić information content (AvgIpc) is 3.05. The Kier molecular flexibility index (Phi) is 5.35. The lowest BCUT2D eigenvalue weighted by atomic mass is 9.95. The van der Waals surface area contributed by atoms with Crippen LogP contribution in [0.2, 0.25) is 5.02 Å². The van der Waals surface area contributed by atoms with Crippen molar-refractivity contribution in [2.45, 2.75) is 6.04 Å². The monoisotopic (exact) mass is 436 g/mol. The molecule has 4 rings (SSSR count). The quantitative estimate of drug-likeness (QED) is 0.363. The zero-order valence-corrected chi connectivity index (χ0v) is 17.1. The Morgan fingerprint density at radius 1 is 1.10 bits per heavy atom. The Bertz CT molecular complexity index is 1190. The molecule has 0 spiro atoms. The van der Waals surface area contributed by atoms with E-state index in [1.54, 1.807) is 48.5 Å². The van der Waals surface area contributed by atoms with Crippen LogP contribution in [0.15, 0.2) is 72.4 Å². The third kappa shape index (κ3) is 3.60. The van der Waals surface area contributed by atoms with Gasteiger partial charge in [0.05, 0.1) is 18.7 Å². The fraction of sp³-hybridized carbons (Fsp3) is 0.0870. The summed E-state index contributed by atoms with van der Waals surface area (Å²) in [5, 5.41) is 21.5. The van der Waals surface area contributed by atoms with Crippen LogP contribution < -0.4 is 9.64 Å². The molecule has 2 heterocycles. The van der Waals surface area contributed by atoms with Crippen molar-refractivity contribution in [3.63, 3.8) is 0 Å². The number of aliphatic hydroxyl groups is 1. The normalized spacial score (nSPS) is 17.7. The molecule has 1 aliphatic rings. The molecule has 1 amide bonds. The largest absolute Gasteiger partial charge is 0.507 e. The standard InChI is InChI=1S/C23H17ClN2O5/c1-31-17-12-14(7-10-16(17)27)20-19(21(28)13-5-8-15(24)9-6-13)22(29)23(30)26(20)18-4-2-3-11-25-18/h2-12,20,27-28H,1H3/t20-/m0/s1. The number of pyridine rings is 1. The summed E-state index contributed by atoms with van der Waals surface area (Å²) < 4.78 is 5.19. The number of aromatic hydroxyl groups is 1. The number of amides is 1. The van der Waals surface area contributed by atoms with Crippen LogP contribution in [0.3, 0.4) is 0 Å². The van der Waals surface area contributed by atoms with Gasteiger partial charge in [0.15, 0.2) is 11.5 Å². The Balaban J connectivity index is 1.96. The number of aliphatic hydroxyl groups excluding tert-OH is 1. The van der Waals surface area contributed by atoms with E-state index in [4.69, 9.17) is 16.3 Å². The molecule has 156 valence electrons. The molecule has 1 fully saturated rings. The number of anilines is 1. The van der Waals surface area contributed by atoms with Gasteiger partial charge >= 0.3 is 5.91 Å². The molecule has 3 aromatic rings. The first-order chi connectivity index (χ1) is 14.9. The Hall–Kier alpha value is -3.84. The van der Waals surface area contributed by atoms with Gasteiger partial charge in [0.25, 0.3) is 5.78 Å². The molecule has 1 aromatic heterocycles. The third-order valence-electron chi connectivity index (χ3n) is 4.98. The van der Waals surface area contributed by atoms with Crippen molar-refractivity contribution in [3.05, 3.63) is 88.6 Å². The lowest BCUT2D eigenvalue weighted by Crippen LogP contribution is -2.30. The fourth-order valence-electron chi connectivity index (χ4n) is 3.51. The van der Waals surface area contributed by atoms with E-state index in [-0.39, 0.29) is 28.6 Å². The number of hydrogen-bond donors (Lipinski definition) is 2. The van der Waals surface area contributed by atoms with Gasteiger partial charge in [0, 0.05) is 16.8 Å². The molecule has 1 saturated heterocycles. The first-order valence-electron chi connectivity index (χ1n) is 9.27. The number of hydrogen-bond acceptors (Lipinski definition) is 6. The van der Waals surface area contributed by atoms with Gasteiger partial charge in [-0.25, -0.2) is 4.98 Å². The summed E-state index contributed by atoms with van der Waals surface area (Å²) in [5.41, 5.74) is 0.680. The van der Waals surface area contributed by atoms with E-state index in [1.807, 2.05) is 0 Å². The second kappa shape index (κ2) is 8.12. The topological polar surface area (TPSA) is 100.0 Å². The summed E-state index contributed by atoms with van der Waals surface area (Å²) in [6, 6.07) is 14.7. The van der Waals surface area contributed by atoms with Crippen molar-refractivity contribution in [3.8, 4) is 11.5 Å². The van der Waals surface area contributed by atoms with E-state index in [2.05, 4.69) is 4.98 Å².